The third kappa shape index (κ3) is 6.56. The van der Waals surface area contributed by atoms with Gasteiger partial charge in [0.1, 0.15) is 5.82 Å². The zero-order chi connectivity index (χ0) is 21.3. The molecule has 0 radical (unpaired) electrons. The number of aromatic nitrogens is 3. The first-order chi connectivity index (χ1) is 15.3. The third-order valence-corrected chi connectivity index (χ3v) is 6.41. The largest absolute Gasteiger partial charge is 0.461 e. The topological polar surface area (TPSA) is 94.4 Å². The average molecular weight is 428 g/mol. The van der Waals surface area contributed by atoms with Crippen LogP contribution < -0.4 is 10.6 Å². The summed E-state index contributed by atoms with van der Waals surface area (Å²) in [5, 5.41) is 14.2. The molecule has 0 amide bonds. The molecule has 1 aliphatic heterocycles. The molecule has 3 heterocycles. The van der Waals surface area contributed by atoms with Crippen LogP contribution in [-0.2, 0) is 6.42 Å². The Hall–Kier alpha value is -2.35. The van der Waals surface area contributed by atoms with Crippen LogP contribution in [0.1, 0.15) is 57.7 Å². The lowest BCUT2D eigenvalue weighted by Gasteiger charge is -2.36. The number of aromatic amines is 1. The molecule has 2 aliphatic rings. The summed E-state index contributed by atoms with van der Waals surface area (Å²) in [5.74, 6) is 3.92. The van der Waals surface area contributed by atoms with Gasteiger partial charge >= 0.3 is 0 Å². The molecule has 2 aromatic heterocycles. The van der Waals surface area contributed by atoms with Crippen LogP contribution in [0.15, 0.2) is 27.8 Å². The molecule has 0 spiro atoms. The Morgan fingerprint density at radius 1 is 1.23 bits per heavy atom. The van der Waals surface area contributed by atoms with Crippen LogP contribution in [0.4, 0.5) is 0 Å². The number of furan rings is 1. The molecule has 8 nitrogen and oxygen atoms in total. The van der Waals surface area contributed by atoms with Gasteiger partial charge in [-0.1, -0.05) is 19.3 Å². The molecule has 3 N–H and O–H groups in total. The molecule has 170 valence electrons. The molecule has 0 bridgehead atoms. The Kier molecular flexibility index (Phi) is 7.98. The number of nitrogens with zero attached hydrogens (tertiary/aromatic N) is 4. The van der Waals surface area contributed by atoms with E-state index in [9.17, 15) is 0 Å². The van der Waals surface area contributed by atoms with Crippen molar-refractivity contribution in [1.82, 2.24) is 30.7 Å². The van der Waals surface area contributed by atoms with Crippen LogP contribution in [0.25, 0.3) is 11.6 Å². The molecule has 2 aromatic rings. The molecule has 4 rings (SSSR count). The Morgan fingerprint density at radius 2 is 2.06 bits per heavy atom. The normalized spacial score (nSPS) is 19.6. The van der Waals surface area contributed by atoms with E-state index in [0.717, 1.165) is 24.2 Å². The summed E-state index contributed by atoms with van der Waals surface area (Å²) in [7, 11) is 0. The highest BCUT2D eigenvalue weighted by Gasteiger charge is 2.23. The fraction of sp³-hybridized carbons (Fsp3) is 0.696. The molecule has 8 heteroatoms. The maximum atomic E-state index is 5.35. The molecule has 1 aliphatic carbocycles. The van der Waals surface area contributed by atoms with Gasteiger partial charge in [0.05, 0.1) is 6.26 Å². The van der Waals surface area contributed by atoms with Crippen molar-refractivity contribution in [2.24, 2.45) is 10.9 Å². The van der Waals surface area contributed by atoms with Gasteiger partial charge < -0.3 is 20.0 Å². The van der Waals surface area contributed by atoms with Crippen molar-refractivity contribution in [3.05, 3.63) is 24.2 Å². The second kappa shape index (κ2) is 11.3. The van der Waals surface area contributed by atoms with Crippen LogP contribution in [0, 0.1) is 5.92 Å². The van der Waals surface area contributed by atoms with Gasteiger partial charge in [0.2, 0.25) is 5.82 Å². The van der Waals surface area contributed by atoms with E-state index in [0.29, 0.717) is 30.6 Å². The predicted octanol–water partition coefficient (Wildman–Crippen LogP) is 3.21. The molecule has 0 atom stereocenters. The van der Waals surface area contributed by atoms with Crippen molar-refractivity contribution in [2.45, 2.75) is 64.3 Å². The number of hydrogen-bond donors (Lipinski definition) is 3. The van der Waals surface area contributed by atoms with Gasteiger partial charge in [-0.3, -0.25) is 10.1 Å². The minimum Gasteiger partial charge on any atom is -0.461 e. The van der Waals surface area contributed by atoms with E-state index in [1.165, 1.54) is 64.6 Å². The fourth-order valence-electron chi connectivity index (χ4n) is 4.70. The van der Waals surface area contributed by atoms with E-state index in [2.05, 4.69) is 37.6 Å². The third-order valence-electron chi connectivity index (χ3n) is 6.41. The van der Waals surface area contributed by atoms with Crippen molar-refractivity contribution in [2.75, 3.05) is 32.7 Å². The zero-order valence-electron chi connectivity index (χ0n) is 18.8. The van der Waals surface area contributed by atoms with E-state index in [1.54, 1.807) is 6.26 Å². The number of aliphatic imine (C=N–C) groups is 1. The highest BCUT2D eigenvalue weighted by atomic mass is 16.3. The molecular formula is C23H37N7O. The van der Waals surface area contributed by atoms with Gasteiger partial charge in [0.25, 0.3) is 0 Å². The van der Waals surface area contributed by atoms with Gasteiger partial charge in [-0.05, 0) is 50.7 Å². The number of likely N-dealkylation sites (tertiary alicyclic amines) is 1. The Balaban J connectivity index is 1.21. The van der Waals surface area contributed by atoms with Gasteiger partial charge in [0, 0.05) is 45.2 Å². The molecule has 31 heavy (non-hydrogen) atoms. The average Bonchev–Trinajstić information content (AvgIpc) is 3.48. The van der Waals surface area contributed by atoms with Crippen LogP contribution in [0.2, 0.25) is 0 Å². The number of piperidine rings is 1. The summed E-state index contributed by atoms with van der Waals surface area (Å²) in [6.45, 7) is 7.32. The number of H-pyrrole nitrogens is 1. The standard InChI is InChI=1S/C23H37N7O/c1-2-24-23(25-13-10-21-27-22(29-28-21)20-9-6-16-31-20)26-19-11-14-30(15-12-19)17-18-7-4-3-5-8-18/h6,9,16,18-19H,2-5,7-8,10-15,17H2,1H3,(H2,24,25,26)(H,27,28,29). The van der Waals surface area contributed by atoms with Gasteiger partial charge in [-0.25, -0.2) is 4.98 Å². The Labute approximate surface area is 185 Å². The minimum atomic E-state index is 0.497. The molecular weight excluding hydrogens is 390 g/mol. The molecule has 2 fully saturated rings. The zero-order valence-corrected chi connectivity index (χ0v) is 18.8. The van der Waals surface area contributed by atoms with Gasteiger partial charge in [0.15, 0.2) is 11.7 Å². The smallest absolute Gasteiger partial charge is 0.216 e. The van der Waals surface area contributed by atoms with Crippen molar-refractivity contribution in [3.63, 3.8) is 0 Å². The van der Waals surface area contributed by atoms with Gasteiger partial charge in [-0.15, -0.1) is 0 Å². The van der Waals surface area contributed by atoms with Crippen molar-refractivity contribution < 1.29 is 4.42 Å². The highest BCUT2D eigenvalue weighted by Crippen LogP contribution is 2.25. The van der Waals surface area contributed by atoms with Crippen molar-refractivity contribution in [1.29, 1.82) is 0 Å². The predicted molar refractivity (Wildman–Crippen MR) is 123 cm³/mol. The van der Waals surface area contributed by atoms with Crippen LogP contribution in [-0.4, -0.2) is 64.8 Å². The quantitative estimate of drug-likeness (QED) is 0.442. The van der Waals surface area contributed by atoms with Crippen LogP contribution in [0.5, 0.6) is 0 Å². The number of rotatable bonds is 8. The lowest BCUT2D eigenvalue weighted by atomic mass is 9.88. The lowest BCUT2D eigenvalue weighted by molar-refractivity contribution is 0.160. The lowest BCUT2D eigenvalue weighted by Crippen LogP contribution is -2.49. The van der Waals surface area contributed by atoms with Crippen LogP contribution in [0.3, 0.4) is 0 Å². The summed E-state index contributed by atoms with van der Waals surface area (Å²) in [5.41, 5.74) is 0. The molecule has 0 unspecified atom stereocenters. The number of hydrogen-bond acceptors (Lipinski definition) is 5. The minimum absolute atomic E-state index is 0.497. The second-order valence-corrected chi connectivity index (χ2v) is 8.82. The van der Waals surface area contributed by atoms with Crippen molar-refractivity contribution >= 4 is 5.96 Å². The Bertz CT molecular complexity index is 787. The summed E-state index contributed by atoms with van der Waals surface area (Å²) in [6, 6.07) is 4.19. The number of nitrogens with one attached hydrogen (secondary N) is 3. The van der Waals surface area contributed by atoms with E-state index in [4.69, 9.17) is 9.41 Å². The monoisotopic (exact) mass is 427 g/mol. The van der Waals surface area contributed by atoms with E-state index in [1.807, 2.05) is 12.1 Å². The highest BCUT2D eigenvalue weighted by molar-refractivity contribution is 5.80. The summed E-state index contributed by atoms with van der Waals surface area (Å²) in [4.78, 5) is 11.9. The summed E-state index contributed by atoms with van der Waals surface area (Å²) in [6.07, 6.45) is 11.9. The Morgan fingerprint density at radius 3 is 2.81 bits per heavy atom. The number of guanidine groups is 1. The summed E-state index contributed by atoms with van der Waals surface area (Å²) < 4.78 is 5.35. The maximum Gasteiger partial charge on any atom is 0.216 e. The van der Waals surface area contributed by atoms with E-state index >= 15 is 0 Å². The molecule has 1 saturated carbocycles. The first-order valence-corrected chi connectivity index (χ1v) is 12.0. The maximum absolute atomic E-state index is 5.35. The first-order valence-electron chi connectivity index (χ1n) is 12.0. The summed E-state index contributed by atoms with van der Waals surface area (Å²) >= 11 is 0. The van der Waals surface area contributed by atoms with Gasteiger partial charge in [-0.2, -0.15) is 5.10 Å². The van der Waals surface area contributed by atoms with Crippen LogP contribution >= 0.6 is 0 Å². The first kappa shape index (κ1) is 21.9. The fourth-order valence-corrected chi connectivity index (χ4v) is 4.70. The van der Waals surface area contributed by atoms with Crippen molar-refractivity contribution in [3.8, 4) is 11.6 Å². The van der Waals surface area contributed by atoms with E-state index < -0.39 is 0 Å². The molecule has 1 saturated heterocycles. The van der Waals surface area contributed by atoms with E-state index in [-0.39, 0.29) is 0 Å². The SMILES string of the molecule is CCNC(=NCCc1nc(-c2ccco2)n[nH]1)NC1CCN(CC2CCCCC2)CC1. The second-order valence-electron chi connectivity index (χ2n) is 8.82. The molecule has 0 aromatic carbocycles.